The van der Waals surface area contributed by atoms with Crippen LogP contribution < -0.4 is 5.32 Å². The molecule has 1 N–H and O–H groups in total. The van der Waals surface area contributed by atoms with Crippen molar-refractivity contribution in [1.29, 1.82) is 0 Å². The van der Waals surface area contributed by atoms with E-state index in [1.807, 2.05) is 11.8 Å². The highest BCUT2D eigenvalue weighted by atomic mass is 32.2. The van der Waals surface area contributed by atoms with E-state index in [0.29, 0.717) is 5.91 Å². The summed E-state index contributed by atoms with van der Waals surface area (Å²) in [5.41, 5.74) is 0. The van der Waals surface area contributed by atoms with Gasteiger partial charge in [-0.15, -0.1) is 0 Å². The Bertz CT molecular complexity index is 235. The molecule has 4 heteroatoms. The Balaban J connectivity index is 2.46. The Morgan fingerprint density at radius 2 is 2.12 bits per heavy atom. The predicted molar refractivity (Wildman–Crippen MR) is 75.2 cm³/mol. The van der Waals surface area contributed by atoms with E-state index in [1.54, 1.807) is 0 Å². The molecule has 0 aromatic rings. The van der Waals surface area contributed by atoms with Gasteiger partial charge in [0.2, 0.25) is 5.91 Å². The molecule has 0 radical (unpaired) electrons. The molecule has 0 aliphatic carbocycles. The summed E-state index contributed by atoms with van der Waals surface area (Å²) in [4.78, 5) is 14.3. The minimum Gasteiger partial charge on any atom is -0.326 e. The largest absolute Gasteiger partial charge is 0.326 e. The molecule has 1 rings (SSSR count). The molecule has 2 atom stereocenters. The third kappa shape index (κ3) is 4.18. The molecule has 1 heterocycles. The van der Waals surface area contributed by atoms with Crippen molar-refractivity contribution in [1.82, 2.24) is 10.2 Å². The molecule has 1 fully saturated rings. The summed E-state index contributed by atoms with van der Waals surface area (Å²) in [6, 6.07) is 0.0779. The van der Waals surface area contributed by atoms with E-state index < -0.39 is 0 Å². The molecule has 0 spiro atoms. The number of carbonyl (C=O) groups excluding carboxylic acids is 1. The molecule has 0 aromatic carbocycles. The van der Waals surface area contributed by atoms with Crippen molar-refractivity contribution in [3.63, 3.8) is 0 Å². The molecule has 1 amide bonds. The van der Waals surface area contributed by atoms with Crippen molar-refractivity contribution in [2.45, 2.75) is 58.2 Å². The zero-order chi connectivity index (χ0) is 12.7. The van der Waals surface area contributed by atoms with E-state index in [9.17, 15) is 4.79 Å². The molecule has 0 aromatic heterocycles. The first-order valence-electron chi connectivity index (χ1n) is 6.80. The third-order valence-corrected chi connectivity index (χ3v) is 4.03. The van der Waals surface area contributed by atoms with Crippen molar-refractivity contribution >= 4 is 17.7 Å². The first-order valence-corrected chi connectivity index (χ1v) is 8.19. The van der Waals surface area contributed by atoms with E-state index in [0.717, 1.165) is 44.4 Å². The Morgan fingerprint density at radius 3 is 2.71 bits per heavy atom. The van der Waals surface area contributed by atoms with Crippen LogP contribution >= 0.6 is 11.8 Å². The van der Waals surface area contributed by atoms with Gasteiger partial charge < -0.3 is 4.90 Å². The fourth-order valence-electron chi connectivity index (χ4n) is 2.35. The van der Waals surface area contributed by atoms with E-state index in [1.165, 1.54) is 0 Å². The zero-order valence-corrected chi connectivity index (χ0v) is 12.2. The van der Waals surface area contributed by atoms with Crippen LogP contribution in [0.15, 0.2) is 0 Å². The number of unbranched alkanes of at least 4 members (excludes halogenated alkanes) is 1. The molecule has 100 valence electrons. The molecular formula is C13H26N2OS. The van der Waals surface area contributed by atoms with Gasteiger partial charge in [-0.05, 0) is 31.3 Å². The summed E-state index contributed by atoms with van der Waals surface area (Å²) >= 11 is 1.85. The molecule has 0 saturated carbocycles. The predicted octanol–water partition coefficient (Wildman–Crippen LogP) is 2.47. The summed E-state index contributed by atoms with van der Waals surface area (Å²) in [6.07, 6.45) is 7.79. The van der Waals surface area contributed by atoms with E-state index >= 15 is 0 Å². The van der Waals surface area contributed by atoms with Crippen LogP contribution in [-0.4, -0.2) is 41.6 Å². The van der Waals surface area contributed by atoms with Gasteiger partial charge in [-0.1, -0.05) is 26.7 Å². The van der Waals surface area contributed by atoms with Crippen LogP contribution in [-0.2, 0) is 4.79 Å². The van der Waals surface area contributed by atoms with Crippen molar-refractivity contribution in [3.8, 4) is 0 Å². The number of rotatable bonds is 8. The molecule has 3 nitrogen and oxygen atoms in total. The van der Waals surface area contributed by atoms with Crippen molar-refractivity contribution < 1.29 is 4.79 Å². The van der Waals surface area contributed by atoms with Crippen molar-refractivity contribution in [2.24, 2.45) is 0 Å². The highest BCUT2D eigenvalue weighted by Gasteiger charge is 2.36. The summed E-state index contributed by atoms with van der Waals surface area (Å²) in [6.45, 7) is 5.23. The average Bonchev–Trinajstić information content (AvgIpc) is 2.64. The molecule has 0 bridgehead atoms. The highest BCUT2D eigenvalue weighted by molar-refractivity contribution is 7.98. The van der Waals surface area contributed by atoms with Crippen molar-refractivity contribution in [3.05, 3.63) is 0 Å². The standard InChI is InChI=1S/C13H26N2OS/c1-4-6-8-11-13(16)15(9-7-10-17-3)12(5-2)14-11/h11-12,14H,4-10H2,1-3H3. The zero-order valence-electron chi connectivity index (χ0n) is 11.4. The SMILES string of the molecule is CCCCC1NC(CC)N(CCCSC)C1=O. The minimum absolute atomic E-state index is 0.0779. The fourth-order valence-corrected chi connectivity index (χ4v) is 2.76. The van der Waals surface area contributed by atoms with Gasteiger partial charge >= 0.3 is 0 Å². The lowest BCUT2D eigenvalue weighted by Crippen LogP contribution is -2.37. The third-order valence-electron chi connectivity index (χ3n) is 3.33. The van der Waals surface area contributed by atoms with Crippen LogP contribution in [0.5, 0.6) is 0 Å². The number of hydrogen-bond acceptors (Lipinski definition) is 3. The first kappa shape index (κ1) is 14.8. The van der Waals surface area contributed by atoms with Gasteiger partial charge in [0.25, 0.3) is 0 Å². The van der Waals surface area contributed by atoms with Gasteiger partial charge in [-0.25, -0.2) is 0 Å². The fraction of sp³-hybridized carbons (Fsp3) is 0.923. The minimum atomic E-state index is 0.0779. The van der Waals surface area contributed by atoms with Gasteiger partial charge in [0.05, 0.1) is 12.2 Å². The molecule has 17 heavy (non-hydrogen) atoms. The number of carbonyl (C=O) groups is 1. The lowest BCUT2D eigenvalue weighted by atomic mass is 10.1. The Kier molecular flexibility index (Phi) is 6.97. The molecule has 1 aliphatic rings. The van der Waals surface area contributed by atoms with Gasteiger partial charge in [-0.3, -0.25) is 10.1 Å². The molecule has 1 aliphatic heterocycles. The number of thioether (sulfide) groups is 1. The second-order valence-corrected chi connectivity index (χ2v) is 5.65. The average molecular weight is 258 g/mol. The summed E-state index contributed by atoms with van der Waals surface area (Å²) in [7, 11) is 0. The maximum absolute atomic E-state index is 12.2. The van der Waals surface area contributed by atoms with Crippen LogP contribution in [0.3, 0.4) is 0 Å². The molecule has 2 unspecified atom stereocenters. The maximum Gasteiger partial charge on any atom is 0.241 e. The lowest BCUT2D eigenvalue weighted by Gasteiger charge is -2.22. The maximum atomic E-state index is 12.2. The number of nitrogens with one attached hydrogen (secondary N) is 1. The number of amides is 1. The van der Waals surface area contributed by atoms with Gasteiger partial charge in [-0.2, -0.15) is 11.8 Å². The second-order valence-electron chi connectivity index (χ2n) is 4.66. The van der Waals surface area contributed by atoms with Gasteiger partial charge in [0, 0.05) is 6.54 Å². The number of nitrogens with zero attached hydrogens (tertiary/aromatic N) is 1. The first-order chi connectivity index (χ1) is 8.24. The van der Waals surface area contributed by atoms with Crippen LogP contribution in [0.25, 0.3) is 0 Å². The second kappa shape index (κ2) is 7.98. The number of hydrogen-bond donors (Lipinski definition) is 1. The summed E-state index contributed by atoms with van der Waals surface area (Å²) in [5, 5.41) is 3.47. The van der Waals surface area contributed by atoms with Crippen LogP contribution in [0.4, 0.5) is 0 Å². The quantitative estimate of drug-likeness (QED) is 0.679. The normalized spacial score (nSPS) is 24.6. The highest BCUT2D eigenvalue weighted by Crippen LogP contribution is 2.18. The van der Waals surface area contributed by atoms with Gasteiger partial charge in [0.15, 0.2) is 0 Å². The Hall–Kier alpha value is -0.220. The molecular weight excluding hydrogens is 232 g/mol. The topological polar surface area (TPSA) is 32.3 Å². The Labute approximate surface area is 110 Å². The van der Waals surface area contributed by atoms with Gasteiger partial charge in [0.1, 0.15) is 0 Å². The monoisotopic (exact) mass is 258 g/mol. The van der Waals surface area contributed by atoms with Crippen LogP contribution in [0.2, 0.25) is 0 Å². The van der Waals surface area contributed by atoms with Crippen LogP contribution in [0.1, 0.15) is 46.0 Å². The van der Waals surface area contributed by atoms with Crippen LogP contribution in [0, 0.1) is 0 Å². The summed E-state index contributed by atoms with van der Waals surface area (Å²) in [5.74, 6) is 1.46. The smallest absolute Gasteiger partial charge is 0.241 e. The van der Waals surface area contributed by atoms with E-state index in [4.69, 9.17) is 0 Å². The summed E-state index contributed by atoms with van der Waals surface area (Å²) < 4.78 is 0. The van der Waals surface area contributed by atoms with E-state index in [2.05, 4.69) is 30.3 Å². The molecule has 1 saturated heterocycles. The van der Waals surface area contributed by atoms with E-state index in [-0.39, 0.29) is 12.2 Å². The van der Waals surface area contributed by atoms with Crippen molar-refractivity contribution in [2.75, 3.05) is 18.6 Å². The Morgan fingerprint density at radius 1 is 1.35 bits per heavy atom. The lowest BCUT2D eigenvalue weighted by molar-refractivity contribution is -0.130.